The molecule has 1 saturated carbocycles. The lowest BCUT2D eigenvalue weighted by atomic mass is 10.1. The van der Waals surface area contributed by atoms with Crippen molar-refractivity contribution in [3.8, 4) is 0 Å². The maximum absolute atomic E-state index is 10.6. The maximum atomic E-state index is 10.6. The van der Waals surface area contributed by atoms with Crippen LogP contribution in [0.5, 0.6) is 0 Å². The molecule has 20 heavy (non-hydrogen) atoms. The van der Waals surface area contributed by atoms with E-state index in [0.29, 0.717) is 0 Å². The van der Waals surface area contributed by atoms with E-state index in [-0.39, 0.29) is 10.6 Å². The van der Waals surface area contributed by atoms with Gasteiger partial charge in [0.15, 0.2) is 0 Å². The van der Waals surface area contributed by atoms with E-state index in [1.54, 1.807) is 12.1 Å². The van der Waals surface area contributed by atoms with Crippen LogP contribution in [0.1, 0.15) is 25.3 Å². The van der Waals surface area contributed by atoms with E-state index in [2.05, 4.69) is 17.1 Å². The van der Waals surface area contributed by atoms with Crippen LogP contribution in [0.2, 0.25) is 0 Å². The molecule has 0 spiro atoms. The van der Waals surface area contributed by atoms with Crippen molar-refractivity contribution in [3.05, 3.63) is 39.9 Å². The van der Waals surface area contributed by atoms with Gasteiger partial charge < -0.3 is 5.32 Å². The van der Waals surface area contributed by atoms with Gasteiger partial charge in [0.05, 0.1) is 4.92 Å². The summed E-state index contributed by atoms with van der Waals surface area (Å²) in [6.07, 6.45) is 3.63. The summed E-state index contributed by atoms with van der Waals surface area (Å²) in [5.41, 5.74) is 1.29. The van der Waals surface area contributed by atoms with Crippen LogP contribution in [0.15, 0.2) is 24.3 Å². The molecule has 1 N–H and O–H groups in total. The Bertz CT molecular complexity index is 429. The lowest BCUT2D eigenvalue weighted by molar-refractivity contribution is -0.384. The number of hydrogen-bond donors (Lipinski definition) is 1. The molecule has 5 nitrogen and oxygen atoms in total. The molecule has 1 fully saturated rings. The van der Waals surface area contributed by atoms with Gasteiger partial charge in [0.1, 0.15) is 0 Å². The highest BCUT2D eigenvalue weighted by Gasteiger charge is 2.26. The first-order valence-electron chi connectivity index (χ1n) is 7.39. The fraction of sp³-hybridized carbons (Fsp3) is 0.600. The summed E-state index contributed by atoms with van der Waals surface area (Å²) >= 11 is 0. The lowest BCUT2D eigenvalue weighted by Crippen LogP contribution is -2.34. The second-order valence-electron chi connectivity index (χ2n) is 5.28. The maximum Gasteiger partial charge on any atom is 0.269 e. The molecular weight excluding hydrogens is 254 g/mol. The Balaban J connectivity index is 1.61. The van der Waals surface area contributed by atoms with Crippen LogP contribution in [0, 0.1) is 10.1 Å². The van der Waals surface area contributed by atoms with E-state index < -0.39 is 0 Å². The third-order valence-electron chi connectivity index (χ3n) is 3.78. The van der Waals surface area contributed by atoms with Gasteiger partial charge >= 0.3 is 0 Å². The van der Waals surface area contributed by atoms with Gasteiger partial charge in [-0.3, -0.25) is 15.0 Å². The molecule has 5 heteroatoms. The number of hydrogen-bond acceptors (Lipinski definition) is 4. The van der Waals surface area contributed by atoms with E-state index in [1.807, 2.05) is 12.1 Å². The number of nitrogens with one attached hydrogen (secondary N) is 1. The molecule has 0 heterocycles. The first-order chi connectivity index (χ1) is 9.70. The van der Waals surface area contributed by atoms with Crippen molar-refractivity contribution in [2.45, 2.75) is 32.2 Å². The van der Waals surface area contributed by atoms with Gasteiger partial charge in [0.25, 0.3) is 5.69 Å². The van der Waals surface area contributed by atoms with E-state index in [9.17, 15) is 10.1 Å². The van der Waals surface area contributed by atoms with Gasteiger partial charge in [0.2, 0.25) is 0 Å². The van der Waals surface area contributed by atoms with Crippen LogP contribution in [0.3, 0.4) is 0 Å². The summed E-state index contributed by atoms with van der Waals surface area (Å²) in [5, 5.41) is 14.0. The fourth-order valence-corrected chi connectivity index (χ4v) is 2.40. The molecule has 110 valence electrons. The number of likely N-dealkylation sites (N-methyl/N-ethyl adjacent to an activating group) is 1. The van der Waals surface area contributed by atoms with E-state index in [4.69, 9.17) is 0 Å². The fourth-order valence-electron chi connectivity index (χ4n) is 2.40. The summed E-state index contributed by atoms with van der Waals surface area (Å²) in [6.45, 7) is 6.39. The molecule has 1 aromatic rings. The summed E-state index contributed by atoms with van der Waals surface area (Å²) in [7, 11) is 0. The topological polar surface area (TPSA) is 58.4 Å². The number of non-ortho nitro benzene ring substituents is 1. The van der Waals surface area contributed by atoms with Crippen molar-refractivity contribution in [2.24, 2.45) is 0 Å². The summed E-state index contributed by atoms with van der Waals surface area (Å²) in [4.78, 5) is 12.7. The second kappa shape index (κ2) is 7.36. The molecule has 1 aliphatic rings. The van der Waals surface area contributed by atoms with E-state index >= 15 is 0 Å². The highest BCUT2D eigenvalue weighted by molar-refractivity contribution is 5.32. The standard InChI is InChI=1S/C15H23N3O2/c1-2-17(14-7-8-14)12-11-16-10-9-13-3-5-15(6-4-13)18(19)20/h3-6,14,16H,2,7-12H2,1H3. The Labute approximate surface area is 120 Å². The van der Waals surface area contributed by atoms with Crippen molar-refractivity contribution >= 4 is 5.69 Å². The molecule has 1 aliphatic carbocycles. The number of rotatable bonds is 9. The molecule has 0 aromatic heterocycles. The summed E-state index contributed by atoms with van der Waals surface area (Å²) in [6, 6.07) is 7.64. The zero-order chi connectivity index (χ0) is 14.4. The van der Waals surface area contributed by atoms with Gasteiger partial charge in [-0.05, 0) is 37.9 Å². The van der Waals surface area contributed by atoms with E-state index in [1.165, 1.54) is 12.8 Å². The van der Waals surface area contributed by atoms with Crippen LogP contribution >= 0.6 is 0 Å². The van der Waals surface area contributed by atoms with Gasteiger partial charge in [-0.1, -0.05) is 19.1 Å². The van der Waals surface area contributed by atoms with Crippen LogP contribution in [-0.2, 0) is 6.42 Å². The lowest BCUT2D eigenvalue weighted by Gasteiger charge is -2.19. The molecular formula is C15H23N3O2. The normalized spacial score (nSPS) is 14.7. The van der Waals surface area contributed by atoms with Crippen molar-refractivity contribution in [2.75, 3.05) is 26.2 Å². The Morgan fingerprint density at radius 1 is 1.30 bits per heavy atom. The minimum atomic E-state index is -0.362. The van der Waals surface area contributed by atoms with Gasteiger partial charge in [-0.15, -0.1) is 0 Å². The first-order valence-corrected chi connectivity index (χ1v) is 7.39. The first kappa shape index (κ1) is 14.9. The zero-order valence-electron chi connectivity index (χ0n) is 12.0. The highest BCUT2D eigenvalue weighted by Crippen LogP contribution is 2.25. The Hall–Kier alpha value is -1.46. The Morgan fingerprint density at radius 3 is 2.55 bits per heavy atom. The molecule has 0 radical (unpaired) electrons. The highest BCUT2D eigenvalue weighted by atomic mass is 16.6. The number of nitrogens with zero attached hydrogens (tertiary/aromatic N) is 2. The zero-order valence-corrected chi connectivity index (χ0v) is 12.0. The molecule has 1 aromatic carbocycles. The molecule has 0 atom stereocenters. The number of nitro benzene ring substituents is 1. The number of benzene rings is 1. The molecule has 0 amide bonds. The summed E-state index contributed by atoms with van der Waals surface area (Å²) < 4.78 is 0. The van der Waals surface area contributed by atoms with Crippen molar-refractivity contribution in [1.82, 2.24) is 10.2 Å². The average Bonchev–Trinajstić information content (AvgIpc) is 3.28. The molecule has 0 bridgehead atoms. The predicted octanol–water partition coefficient (Wildman–Crippen LogP) is 2.21. The molecule has 2 rings (SSSR count). The van der Waals surface area contributed by atoms with Crippen LogP contribution in [0.4, 0.5) is 5.69 Å². The van der Waals surface area contributed by atoms with Crippen molar-refractivity contribution in [3.63, 3.8) is 0 Å². The van der Waals surface area contributed by atoms with Crippen LogP contribution in [-0.4, -0.2) is 42.0 Å². The van der Waals surface area contributed by atoms with Gasteiger partial charge in [-0.25, -0.2) is 0 Å². The molecule has 0 unspecified atom stereocenters. The third kappa shape index (κ3) is 4.58. The van der Waals surface area contributed by atoms with Gasteiger partial charge in [-0.2, -0.15) is 0 Å². The molecule has 0 saturated heterocycles. The van der Waals surface area contributed by atoms with Crippen molar-refractivity contribution in [1.29, 1.82) is 0 Å². The number of nitro groups is 1. The summed E-state index contributed by atoms with van der Waals surface area (Å²) in [5.74, 6) is 0. The Morgan fingerprint density at radius 2 is 2.00 bits per heavy atom. The van der Waals surface area contributed by atoms with Crippen molar-refractivity contribution < 1.29 is 4.92 Å². The minimum Gasteiger partial charge on any atom is -0.315 e. The SMILES string of the molecule is CCN(CCNCCc1ccc([N+](=O)[O-])cc1)C1CC1. The smallest absolute Gasteiger partial charge is 0.269 e. The van der Waals surface area contributed by atoms with Gasteiger partial charge in [0, 0.05) is 31.3 Å². The second-order valence-corrected chi connectivity index (χ2v) is 5.28. The Kier molecular flexibility index (Phi) is 5.49. The largest absolute Gasteiger partial charge is 0.315 e. The quantitative estimate of drug-likeness (QED) is 0.427. The molecule has 0 aliphatic heterocycles. The minimum absolute atomic E-state index is 0.157. The monoisotopic (exact) mass is 277 g/mol. The van der Waals surface area contributed by atoms with Crippen LogP contribution < -0.4 is 5.32 Å². The average molecular weight is 277 g/mol. The van der Waals surface area contributed by atoms with Crippen LogP contribution in [0.25, 0.3) is 0 Å². The van der Waals surface area contributed by atoms with E-state index in [0.717, 1.165) is 44.2 Å². The third-order valence-corrected chi connectivity index (χ3v) is 3.78. The predicted molar refractivity (Wildman–Crippen MR) is 79.9 cm³/mol.